The second-order valence-electron chi connectivity index (χ2n) is 6.52. The highest BCUT2D eigenvalue weighted by Crippen LogP contribution is 2.17. The number of hydrogen-bond donors (Lipinski definition) is 0. The van der Waals surface area contributed by atoms with Crippen molar-refractivity contribution >= 4 is 16.2 Å². The molecule has 1 atom stereocenters. The van der Waals surface area contributed by atoms with Crippen molar-refractivity contribution in [2.45, 2.75) is 32.6 Å². The molecule has 0 aliphatic carbocycles. The molecule has 0 saturated carbocycles. The molecule has 0 heterocycles. The summed E-state index contributed by atoms with van der Waals surface area (Å²) in [6.45, 7) is 2.59. The molecule has 0 aliphatic heterocycles. The largest absolute Gasteiger partial charge is 0.494 e. The first-order valence-electron chi connectivity index (χ1n) is 9.32. The lowest BCUT2D eigenvalue weighted by molar-refractivity contribution is 0.0261. The van der Waals surface area contributed by atoms with Crippen LogP contribution in [0.5, 0.6) is 5.75 Å². The van der Waals surface area contributed by atoms with Gasteiger partial charge < -0.3 is 9.47 Å². The predicted octanol–water partition coefficient (Wildman–Crippen LogP) is 3.59. The maximum atomic E-state index is 12.4. The van der Waals surface area contributed by atoms with Gasteiger partial charge in [0.1, 0.15) is 12.4 Å². The zero-order chi connectivity index (χ0) is 21.3. The second kappa shape index (κ2) is 10.8. The Balaban J connectivity index is 1.99. The number of carbonyl (C=O) groups excluding carboxylic acids is 1. The maximum Gasteiger partial charge on any atom is 0.411 e. The van der Waals surface area contributed by atoms with Crippen molar-refractivity contribution in [3.8, 4) is 5.75 Å². The molecule has 0 radical (unpaired) electrons. The number of aryl methyl sites for hydroxylation is 1. The molecule has 7 nitrogen and oxygen atoms in total. The Labute approximate surface area is 172 Å². The lowest BCUT2D eigenvalue weighted by Gasteiger charge is -2.26. The molecular formula is C21H27NO6S. The van der Waals surface area contributed by atoms with Gasteiger partial charge in [-0.2, -0.15) is 8.42 Å². The molecule has 0 fully saturated rings. The van der Waals surface area contributed by atoms with Gasteiger partial charge in [0, 0.05) is 7.05 Å². The molecule has 158 valence electrons. The van der Waals surface area contributed by atoms with Crippen LogP contribution in [0.25, 0.3) is 0 Å². The molecule has 2 aromatic rings. The van der Waals surface area contributed by atoms with E-state index in [4.69, 9.17) is 13.7 Å². The number of hydrogen-bond acceptors (Lipinski definition) is 6. The molecule has 0 N–H and O–H groups in total. The number of rotatable bonds is 10. The van der Waals surface area contributed by atoms with Crippen LogP contribution < -0.4 is 4.74 Å². The van der Waals surface area contributed by atoms with Gasteiger partial charge in [0.05, 0.1) is 12.9 Å². The van der Waals surface area contributed by atoms with E-state index in [0.29, 0.717) is 13.0 Å². The number of carbonyl (C=O) groups is 1. The Hall–Kier alpha value is -2.58. The number of nitrogens with zero attached hydrogens (tertiary/aromatic N) is 1. The van der Waals surface area contributed by atoms with Crippen LogP contribution in [0.1, 0.15) is 24.5 Å². The van der Waals surface area contributed by atoms with Crippen LogP contribution in [0.2, 0.25) is 0 Å². The summed E-state index contributed by atoms with van der Waals surface area (Å²) in [6.07, 6.45) is 0.134. The van der Waals surface area contributed by atoms with E-state index in [2.05, 4.69) is 0 Å². The van der Waals surface area contributed by atoms with Crippen LogP contribution in [0.3, 0.4) is 0 Å². The van der Waals surface area contributed by atoms with Gasteiger partial charge >= 0.3 is 6.09 Å². The average Bonchev–Trinajstić information content (AvgIpc) is 2.70. The summed E-state index contributed by atoms with van der Waals surface area (Å²) in [5.41, 5.74) is 1.81. The summed E-state index contributed by atoms with van der Waals surface area (Å²) in [4.78, 5) is 13.5. The Morgan fingerprint density at radius 3 is 2.28 bits per heavy atom. The standard InChI is InChI=1S/C21H27NO6S/c1-4-26-19-13-10-17(11-14-19)12-15-20(28-29(3,24)25)22(2)21(23)27-16-18-8-6-5-7-9-18/h5-11,13-14,20H,4,12,15-16H2,1-3H3. The van der Waals surface area contributed by atoms with Crippen molar-refractivity contribution in [2.24, 2.45) is 0 Å². The minimum absolute atomic E-state index is 0.0918. The van der Waals surface area contributed by atoms with E-state index in [0.717, 1.165) is 23.1 Å². The molecular weight excluding hydrogens is 394 g/mol. The zero-order valence-electron chi connectivity index (χ0n) is 16.9. The molecule has 0 aromatic heterocycles. The normalized spacial score (nSPS) is 12.2. The van der Waals surface area contributed by atoms with Crippen molar-refractivity contribution in [1.82, 2.24) is 4.90 Å². The summed E-state index contributed by atoms with van der Waals surface area (Å²) < 4.78 is 39.1. The lowest BCUT2D eigenvalue weighted by atomic mass is 10.1. The lowest BCUT2D eigenvalue weighted by Crippen LogP contribution is -2.40. The third kappa shape index (κ3) is 8.13. The van der Waals surface area contributed by atoms with Crippen LogP contribution in [-0.2, 0) is 32.1 Å². The fourth-order valence-electron chi connectivity index (χ4n) is 2.66. The molecule has 8 heteroatoms. The first kappa shape index (κ1) is 22.7. The van der Waals surface area contributed by atoms with Crippen molar-refractivity contribution < 1.29 is 26.9 Å². The predicted molar refractivity (Wildman–Crippen MR) is 110 cm³/mol. The van der Waals surface area contributed by atoms with E-state index in [1.807, 2.05) is 61.5 Å². The third-order valence-corrected chi connectivity index (χ3v) is 4.70. The molecule has 0 bridgehead atoms. The highest BCUT2D eigenvalue weighted by Gasteiger charge is 2.25. The van der Waals surface area contributed by atoms with Crippen LogP contribution in [0.4, 0.5) is 4.79 Å². The van der Waals surface area contributed by atoms with Crippen LogP contribution in [-0.4, -0.2) is 45.5 Å². The number of amides is 1. The van der Waals surface area contributed by atoms with E-state index >= 15 is 0 Å². The Bertz CT molecular complexity index is 868. The smallest absolute Gasteiger partial charge is 0.411 e. The topological polar surface area (TPSA) is 82.1 Å². The number of ether oxygens (including phenoxy) is 2. The summed E-state index contributed by atoms with van der Waals surface area (Å²) in [5.74, 6) is 0.766. The zero-order valence-corrected chi connectivity index (χ0v) is 17.7. The van der Waals surface area contributed by atoms with Gasteiger partial charge in [-0.05, 0) is 43.0 Å². The molecule has 29 heavy (non-hydrogen) atoms. The van der Waals surface area contributed by atoms with Crippen molar-refractivity contribution in [3.63, 3.8) is 0 Å². The summed E-state index contributed by atoms with van der Waals surface area (Å²) >= 11 is 0. The van der Waals surface area contributed by atoms with Gasteiger partial charge in [-0.15, -0.1) is 0 Å². The molecule has 0 saturated heterocycles. The minimum Gasteiger partial charge on any atom is -0.494 e. The van der Waals surface area contributed by atoms with Crippen LogP contribution >= 0.6 is 0 Å². The fraction of sp³-hybridized carbons (Fsp3) is 0.381. The van der Waals surface area contributed by atoms with Crippen molar-refractivity contribution in [2.75, 3.05) is 19.9 Å². The van der Waals surface area contributed by atoms with E-state index in [-0.39, 0.29) is 13.0 Å². The molecule has 1 amide bonds. The first-order chi connectivity index (χ1) is 13.8. The van der Waals surface area contributed by atoms with Crippen LogP contribution in [0.15, 0.2) is 54.6 Å². The van der Waals surface area contributed by atoms with Gasteiger partial charge in [0.15, 0.2) is 6.23 Å². The molecule has 2 rings (SSSR count). The molecule has 0 aliphatic rings. The summed E-state index contributed by atoms with van der Waals surface area (Å²) in [7, 11) is -2.30. The Kier molecular flexibility index (Phi) is 8.48. The van der Waals surface area contributed by atoms with E-state index < -0.39 is 22.4 Å². The summed E-state index contributed by atoms with van der Waals surface area (Å²) in [5, 5.41) is 0. The van der Waals surface area contributed by atoms with Gasteiger partial charge in [-0.25, -0.2) is 8.98 Å². The van der Waals surface area contributed by atoms with Gasteiger partial charge in [0.25, 0.3) is 10.1 Å². The van der Waals surface area contributed by atoms with Gasteiger partial charge in [-0.3, -0.25) is 4.90 Å². The monoisotopic (exact) mass is 421 g/mol. The second-order valence-corrected chi connectivity index (χ2v) is 8.12. The van der Waals surface area contributed by atoms with Gasteiger partial charge in [-0.1, -0.05) is 42.5 Å². The minimum atomic E-state index is -3.76. The first-order valence-corrected chi connectivity index (χ1v) is 11.1. The molecule has 2 aromatic carbocycles. The Morgan fingerprint density at radius 1 is 1.03 bits per heavy atom. The van der Waals surface area contributed by atoms with Crippen molar-refractivity contribution in [1.29, 1.82) is 0 Å². The molecule has 1 unspecified atom stereocenters. The summed E-state index contributed by atoms with van der Waals surface area (Å²) in [6, 6.07) is 16.7. The third-order valence-electron chi connectivity index (χ3n) is 4.13. The highest BCUT2D eigenvalue weighted by molar-refractivity contribution is 7.86. The SMILES string of the molecule is CCOc1ccc(CCC(OS(C)(=O)=O)N(C)C(=O)OCc2ccccc2)cc1. The van der Waals surface area contributed by atoms with E-state index in [1.165, 1.54) is 11.9 Å². The average molecular weight is 422 g/mol. The van der Waals surface area contributed by atoms with E-state index in [1.54, 1.807) is 0 Å². The highest BCUT2D eigenvalue weighted by atomic mass is 32.2. The quantitative estimate of drug-likeness (QED) is 0.431. The Morgan fingerprint density at radius 2 is 1.69 bits per heavy atom. The molecule has 0 spiro atoms. The maximum absolute atomic E-state index is 12.4. The van der Waals surface area contributed by atoms with Crippen LogP contribution in [0, 0.1) is 0 Å². The van der Waals surface area contributed by atoms with E-state index in [9.17, 15) is 13.2 Å². The fourth-order valence-corrected chi connectivity index (χ4v) is 3.28. The van der Waals surface area contributed by atoms with Gasteiger partial charge in [0.2, 0.25) is 0 Å². The number of benzene rings is 2. The van der Waals surface area contributed by atoms with Crippen molar-refractivity contribution in [3.05, 3.63) is 65.7 Å².